The van der Waals surface area contributed by atoms with Crippen LogP contribution < -0.4 is 9.47 Å². The van der Waals surface area contributed by atoms with Gasteiger partial charge in [0.1, 0.15) is 45.3 Å². The second-order valence-corrected chi connectivity index (χ2v) is 20.1. The van der Waals surface area contributed by atoms with Gasteiger partial charge < -0.3 is 14.6 Å². The predicted molar refractivity (Wildman–Crippen MR) is 464 cm³/mol. The predicted octanol–water partition coefficient (Wildman–Crippen LogP) is 22.0. The number of carbonyl (C=O) groups excluding carboxylic acids is 1. The van der Waals surface area contributed by atoms with E-state index in [1.807, 2.05) is 62.4 Å². The van der Waals surface area contributed by atoms with E-state index < -0.39 is 15.7 Å². The van der Waals surface area contributed by atoms with Crippen molar-refractivity contribution in [2.75, 3.05) is 0 Å². The molecule has 8 heteroatoms. The number of aryl methyl sites for hydroxylation is 2. The summed E-state index contributed by atoms with van der Waals surface area (Å²) in [4.78, 5) is 9.36. The van der Waals surface area contributed by atoms with Gasteiger partial charge in [0.2, 0.25) is 0 Å². The highest BCUT2D eigenvalue weighted by atomic mass is 79.9. The average Bonchev–Trinajstić information content (AvgIpc) is 1.57. The van der Waals surface area contributed by atoms with Gasteiger partial charge in [-0.2, -0.15) is 0 Å². The van der Waals surface area contributed by atoms with Gasteiger partial charge in [-0.3, -0.25) is 4.79 Å². The van der Waals surface area contributed by atoms with Crippen LogP contribution in [0.15, 0.2) is 121 Å². The highest BCUT2D eigenvalue weighted by molar-refractivity contribution is 9.18. The van der Waals surface area contributed by atoms with E-state index in [4.69, 9.17) is 22.3 Å². The molecule has 2 atom stereocenters. The Morgan fingerprint density at radius 3 is 1.01 bits per heavy atom. The van der Waals surface area contributed by atoms with Crippen molar-refractivity contribution in [2.24, 2.45) is 0 Å². The molecule has 0 heterocycles. The third-order valence-corrected chi connectivity index (χ3v) is 13.0. The van der Waals surface area contributed by atoms with Gasteiger partial charge in [-0.25, -0.2) is 8.78 Å². The molecule has 0 fully saturated rings. The van der Waals surface area contributed by atoms with Crippen LogP contribution in [-0.4, -0.2) is 9.80 Å². The molecule has 0 aromatic heterocycles. The van der Waals surface area contributed by atoms with Crippen LogP contribution in [0.2, 0.25) is 0 Å². The number of halogens is 4. The first-order valence-corrected chi connectivity index (χ1v) is 28.3. The van der Waals surface area contributed by atoms with Gasteiger partial charge in [-0.15, -0.1) is 12.8 Å². The Balaban J connectivity index is -0.0000000282. The van der Waals surface area contributed by atoms with Crippen molar-refractivity contribution in [3.63, 3.8) is 0 Å². The van der Waals surface area contributed by atoms with Crippen molar-refractivity contribution in [3.05, 3.63) is 177 Å². The minimum atomic E-state index is -1.56. The monoisotopic (exact) mass is 1410 g/mol. The fourth-order valence-electron chi connectivity index (χ4n) is 8.28. The van der Waals surface area contributed by atoms with Crippen molar-refractivity contribution < 1.29 is 90.9 Å². The summed E-state index contributed by atoms with van der Waals surface area (Å²) in [6, 6.07) is 35.7. The van der Waals surface area contributed by atoms with Crippen molar-refractivity contribution >= 4 is 36.6 Å². The molecule has 6 aromatic rings. The summed E-state index contributed by atoms with van der Waals surface area (Å²) in [5.74, 6) is 99.6. The lowest BCUT2D eigenvalue weighted by atomic mass is 9.84. The highest BCUT2D eigenvalue weighted by Gasteiger charge is 2.45. The van der Waals surface area contributed by atoms with E-state index >= 15 is 0 Å². The summed E-state index contributed by atoms with van der Waals surface area (Å²) in [7, 11) is 0. The molecular weight excluding hydrogens is 1290 g/mol. The lowest BCUT2D eigenvalue weighted by Gasteiger charge is -2.27. The maximum absolute atomic E-state index is 14.3. The number of fused-ring (bicyclic) bond motifs is 6. The third kappa shape index (κ3) is 20.9. The zero-order chi connectivity index (χ0) is 67.1. The van der Waals surface area contributed by atoms with Gasteiger partial charge >= 0.3 is 0 Å². The van der Waals surface area contributed by atoms with Crippen LogP contribution in [0.1, 0.15) is 114 Å². The minimum Gasteiger partial charge on any atom is -0.407 e. The van der Waals surface area contributed by atoms with Crippen LogP contribution in [0.5, 0.6) is 11.5 Å². The first-order chi connectivity index (χ1) is 45.8. The SMILES string of the molecule is C#CC#CC#CC#CC#CC#CC#CC#CC#CC#CC#COc1ccc2c(c1)C(Br)(c1cccc(F)c1)c1cc(C)ccc1-2.C#CC#CC#CC#CC#CC#CC#CC#CC#CC#CC#COc1ccc2c(c1)C(O)(c1cccc(F)c1)c1cc(C)ccc1-2.CC(=O)Br.[HH].[HH].[HH].[HH].[HH].[HH].[HH].[HH].[HH].[HH].[HH].[HH].[HH].[HH].[HH].[HH].[HH].[HH].[HH].[HH].[HH].[HH].[HH].[HH].[HH].[HH].[HH].[HH].[HH].[HH].[HH].[HH].[HH].[HH].[HH].[HH].[HH].[HH].[HH].[HH].[HH].[HH].[HH].[HH]. The lowest BCUT2D eigenvalue weighted by Crippen LogP contribution is -2.26. The standard InChI is InChI=1S/C42H14BrFO.C42H15FO2.C2H3BrO.44H2/c1-3-4-5-6-7-8-9-10-11-12-13-14-15-16-17-18-19-20-21-22-30-45-37-27-29-39-38-28-26-34(2)31-40(38)42(43,41(39)33-37)35-24-23-25-36(44)32-35;1-3-4-5-6-7-8-9-10-11-12-13-14-15-16-17-18-19-20-21-22-30-45-37-27-29-39-38-28-26-34(2)31-40(38)42(44,41(39)33-37)35-24-23-25-36(43)32-35;1-2(3)4;;;;;;;;;;;;;;;;;;;;;;;;;;;;;;;;;;;;;;;;;;;;/h1,23-29,31-33H,2H3;1,23-29,31-33,44H,2H3;1H3;44*1H. The van der Waals surface area contributed by atoms with Gasteiger partial charge in [-0.05, 0) is 218 Å². The van der Waals surface area contributed by atoms with Crippen molar-refractivity contribution in [1.29, 1.82) is 0 Å². The maximum Gasteiger partial charge on any atom is 0.194 e. The Labute approximate surface area is 630 Å². The summed E-state index contributed by atoms with van der Waals surface area (Å²) in [5.41, 5.74) is 8.76. The number of benzene rings is 6. The third-order valence-electron chi connectivity index (χ3n) is 11.7. The zero-order valence-electron chi connectivity index (χ0n) is 49.4. The first-order valence-electron chi connectivity index (χ1n) is 26.7. The van der Waals surface area contributed by atoms with E-state index in [0.29, 0.717) is 28.2 Å². The highest BCUT2D eigenvalue weighted by Crippen LogP contribution is 2.57. The maximum atomic E-state index is 14.3. The summed E-state index contributed by atoms with van der Waals surface area (Å²) in [6.45, 7) is 5.42. The van der Waals surface area contributed by atoms with Crippen LogP contribution >= 0.6 is 31.9 Å². The molecule has 2 aliphatic rings. The van der Waals surface area contributed by atoms with Crippen LogP contribution in [-0.2, 0) is 14.7 Å². The Bertz CT molecular complexity index is 5420. The molecule has 1 N–H and O–H groups in total. The molecule has 6 aromatic carbocycles. The molecule has 2 unspecified atom stereocenters. The summed E-state index contributed by atoms with van der Waals surface area (Å²) < 4.78 is 38.9. The Kier molecular flexibility index (Phi) is 27.4. The van der Waals surface area contributed by atoms with Gasteiger partial charge in [-0.1, -0.05) is 99.9 Å². The minimum absolute atomic E-state index is 0. The molecule has 0 radical (unpaired) electrons. The van der Waals surface area contributed by atoms with Crippen LogP contribution in [0.3, 0.4) is 0 Å². The summed E-state index contributed by atoms with van der Waals surface area (Å²) >= 11 is 6.61. The van der Waals surface area contributed by atoms with E-state index in [9.17, 15) is 18.7 Å². The Hall–Kier alpha value is -14.3. The molecule has 0 bridgehead atoms. The second kappa shape index (κ2) is 37.4. The van der Waals surface area contributed by atoms with Crippen molar-refractivity contribution in [2.45, 2.75) is 30.7 Å². The van der Waals surface area contributed by atoms with Crippen molar-refractivity contribution in [3.8, 4) is 296 Å². The largest absolute Gasteiger partial charge is 0.407 e. The summed E-state index contributed by atoms with van der Waals surface area (Å²) in [6.07, 6.45) is 15.0. The van der Waals surface area contributed by atoms with Crippen LogP contribution in [0.25, 0.3) is 22.3 Å². The smallest absolute Gasteiger partial charge is 0.194 e. The molecule has 0 amide bonds. The number of hydrogen-bond acceptors (Lipinski definition) is 4. The molecule has 0 aliphatic heterocycles. The summed E-state index contributed by atoms with van der Waals surface area (Å²) in [5, 5.41) is 12.0. The number of carbonyl (C=O) groups is 1. The molecule has 4 nitrogen and oxygen atoms in total. The molecule has 0 spiro atoms. The molecule has 8 rings (SSSR count). The van der Waals surface area contributed by atoms with Gasteiger partial charge in [0.05, 0.1) is 0 Å². The number of alkyl halides is 1. The van der Waals surface area contributed by atoms with Crippen molar-refractivity contribution in [1.82, 2.24) is 0 Å². The van der Waals surface area contributed by atoms with E-state index in [0.717, 1.165) is 50.1 Å². The van der Waals surface area contributed by atoms with Gasteiger partial charge in [0, 0.05) is 223 Å². The van der Waals surface area contributed by atoms with E-state index in [1.165, 1.54) is 25.1 Å². The molecule has 0 saturated heterocycles. The van der Waals surface area contributed by atoms with Gasteiger partial charge in [0.25, 0.3) is 0 Å². The molecule has 516 valence electrons. The van der Waals surface area contributed by atoms with Gasteiger partial charge in [0.15, 0.2) is 4.69 Å². The fraction of sp³-hybridized carbons (Fsp3) is 0.0581. The molecule has 0 saturated carbocycles. The normalized spacial score (nSPS) is 11.3. The van der Waals surface area contributed by atoms with E-state index in [1.54, 1.807) is 36.4 Å². The molecular formula is C86H120Br2F2O4. The van der Waals surface area contributed by atoms with E-state index in [2.05, 4.69) is 299 Å². The number of terminal acetylenes is 2. The Morgan fingerprint density at radius 2 is 0.660 bits per heavy atom. The zero-order valence-corrected chi connectivity index (χ0v) is 52.6. The van der Waals surface area contributed by atoms with Crippen LogP contribution in [0.4, 0.5) is 8.78 Å². The molecule has 94 heavy (non-hydrogen) atoms. The topological polar surface area (TPSA) is 55.8 Å². The second-order valence-electron chi connectivity index (χ2n) is 17.8. The number of hydrogen-bond donors (Lipinski definition) is 1. The number of rotatable bonds is 4. The quantitative estimate of drug-likeness (QED) is 0.109. The lowest BCUT2D eigenvalue weighted by molar-refractivity contribution is -0.108. The number of ether oxygens (including phenoxy) is 2. The average molecular weight is 1420 g/mol. The number of aliphatic hydroxyl groups is 1. The first kappa shape index (κ1) is 68.8. The fourth-order valence-corrected chi connectivity index (χ4v) is 9.18. The Morgan fingerprint density at radius 1 is 0.394 bits per heavy atom. The van der Waals surface area contributed by atoms with E-state index in [-0.39, 0.29) is 73.3 Å². The van der Waals surface area contributed by atoms with Crippen LogP contribution in [0, 0.1) is 287 Å². The molecule has 2 aliphatic carbocycles.